The van der Waals surface area contributed by atoms with Gasteiger partial charge >= 0.3 is 11.9 Å². The molecule has 18 heavy (non-hydrogen) atoms. The van der Waals surface area contributed by atoms with E-state index in [2.05, 4.69) is 0 Å². The first-order valence-corrected chi connectivity index (χ1v) is 6.92. The summed E-state index contributed by atoms with van der Waals surface area (Å²) in [6.07, 6.45) is 3.75. The smallest absolute Gasteiger partial charge is 0.417 e. The molecule has 0 spiro atoms. The molecule has 0 amide bonds. The summed E-state index contributed by atoms with van der Waals surface area (Å²) in [4.78, 5) is 22.7. The number of rotatable bonds is 8. The highest BCUT2D eigenvalue weighted by Gasteiger charge is 2.19. The van der Waals surface area contributed by atoms with Gasteiger partial charge in [0.25, 0.3) is 0 Å². The second-order valence-corrected chi connectivity index (χ2v) is 4.56. The van der Waals surface area contributed by atoms with Crippen LogP contribution in [0.2, 0.25) is 0 Å². The fraction of sp³-hybridized carbons (Fsp3) is 0.857. The van der Waals surface area contributed by atoms with Crippen LogP contribution in [0.25, 0.3) is 0 Å². The Bertz CT molecular complexity index is 216. The van der Waals surface area contributed by atoms with E-state index in [9.17, 15) is 9.59 Å². The summed E-state index contributed by atoms with van der Waals surface area (Å²) in [6, 6.07) is 0. The van der Waals surface area contributed by atoms with Gasteiger partial charge in [-0.15, -0.1) is 0 Å². The van der Waals surface area contributed by atoms with Crippen molar-refractivity contribution < 1.29 is 19.1 Å². The van der Waals surface area contributed by atoms with Crippen LogP contribution in [0.3, 0.4) is 0 Å². The summed E-state index contributed by atoms with van der Waals surface area (Å²) in [5.41, 5.74) is 0. The summed E-state index contributed by atoms with van der Waals surface area (Å²) in [5.74, 6) is -1.10. The van der Waals surface area contributed by atoms with Crippen molar-refractivity contribution in [2.24, 2.45) is 11.8 Å². The second kappa shape index (κ2) is 9.92. The molecule has 0 heterocycles. The van der Waals surface area contributed by atoms with Crippen LogP contribution >= 0.6 is 0 Å². The first-order chi connectivity index (χ1) is 8.58. The van der Waals surface area contributed by atoms with Crippen LogP contribution in [0.15, 0.2) is 0 Å². The molecule has 0 saturated carbocycles. The molecule has 0 atom stereocenters. The fourth-order valence-electron chi connectivity index (χ4n) is 1.55. The van der Waals surface area contributed by atoms with Gasteiger partial charge in [-0.3, -0.25) is 0 Å². The molecule has 0 aromatic heterocycles. The van der Waals surface area contributed by atoms with Gasteiger partial charge in [0.1, 0.15) is 0 Å². The summed E-state index contributed by atoms with van der Waals surface area (Å²) in [7, 11) is 0. The molecule has 0 bridgehead atoms. The van der Waals surface area contributed by atoms with E-state index in [1.54, 1.807) is 0 Å². The summed E-state index contributed by atoms with van der Waals surface area (Å²) < 4.78 is 9.87. The Kier molecular flexibility index (Phi) is 9.33. The average Bonchev–Trinajstić information content (AvgIpc) is 2.40. The van der Waals surface area contributed by atoms with Gasteiger partial charge < -0.3 is 9.47 Å². The third kappa shape index (κ3) is 6.62. The minimum atomic E-state index is -0.868. The van der Waals surface area contributed by atoms with Crippen molar-refractivity contribution in [2.75, 3.05) is 13.2 Å². The van der Waals surface area contributed by atoms with Crippen LogP contribution in [0.5, 0.6) is 0 Å². The quantitative estimate of drug-likeness (QED) is 0.496. The first-order valence-electron chi connectivity index (χ1n) is 6.92. The van der Waals surface area contributed by atoms with Crippen LogP contribution in [0, 0.1) is 11.8 Å². The molecule has 0 aliphatic rings. The molecule has 0 N–H and O–H groups in total. The lowest BCUT2D eigenvalue weighted by atomic mass is 10.1. The third-order valence-corrected chi connectivity index (χ3v) is 3.38. The maximum atomic E-state index is 11.4. The van der Waals surface area contributed by atoms with E-state index < -0.39 is 11.9 Å². The molecule has 0 fully saturated rings. The number of hydrogen-bond donors (Lipinski definition) is 0. The lowest BCUT2D eigenvalue weighted by molar-refractivity contribution is -0.169. The lowest BCUT2D eigenvalue weighted by Crippen LogP contribution is -2.25. The summed E-state index contributed by atoms with van der Waals surface area (Å²) >= 11 is 0. The predicted octanol–water partition coefficient (Wildman–Crippen LogP) is 2.95. The van der Waals surface area contributed by atoms with Gasteiger partial charge in [-0.2, -0.15) is 0 Å². The molecule has 106 valence electrons. The lowest BCUT2D eigenvalue weighted by Gasteiger charge is -2.14. The summed E-state index contributed by atoms with van der Waals surface area (Å²) in [6.45, 7) is 8.74. The van der Waals surface area contributed by atoms with Gasteiger partial charge in [-0.05, 0) is 11.8 Å². The minimum Gasteiger partial charge on any atom is -0.457 e. The van der Waals surface area contributed by atoms with Gasteiger partial charge in [-0.25, -0.2) is 9.59 Å². The molecule has 0 saturated heterocycles. The number of carbonyl (C=O) groups is 2. The van der Waals surface area contributed by atoms with Crippen LogP contribution in [0.1, 0.15) is 53.4 Å². The SMILES string of the molecule is CCC(CC)COC(=O)C(=O)OCC(CC)CC. The number of hydrogen-bond acceptors (Lipinski definition) is 4. The number of esters is 2. The van der Waals surface area contributed by atoms with Crippen molar-refractivity contribution in [3.63, 3.8) is 0 Å². The van der Waals surface area contributed by atoms with E-state index >= 15 is 0 Å². The first kappa shape index (κ1) is 16.9. The van der Waals surface area contributed by atoms with Crippen molar-refractivity contribution in [3.05, 3.63) is 0 Å². The normalized spacial score (nSPS) is 10.8. The number of carbonyl (C=O) groups excluding carboxylic acids is 2. The van der Waals surface area contributed by atoms with Gasteiger partial charge in [0.05, 0.1) is 13.2 Å². The Labute approximate surface area is 110 Å². The topological polar surface area (TPSA) is 52.6 Å². The van der Waals surface area contributed by atoms with Crippen molar-refractivity contribution in [1.82, 2.24) is 0 Å². The fourth-order valence-corrected chi connectivity index (χ4v) is 1.55. The standard InChI is InChI=1S/C14H26O4/c1-5-11(6-2)9-17-13(15)14(16)18-10-12(7-3)8-4/h11-12H,5-10H2,1-4H3. The van der Waals surface area contributed by atoms with E-state index in [-0.39, 0.29) is 0 Å². The van der Waals surface area contributed by atoms with Crippen LogP contribution in [-0.4, -0.2) is 25.2 Å². The van der Waals surface area contributed by atoms with E-state index in [1.807, 2.05) is 27.7 Å². The van der Waals surface area contributed by atoms with E-state index in [0.717, 1.165) is 25.7 Å². The Hall–Kier alpha value is -1.06. The van der Waals surface area contributed by atoms with Gasteiger partial charge in [0.15, 0.2) is 0 Å². The van der Waals surface area contributed by atoms with Crippen molar-refractivity contribution >= 4 is 11.9 Å². The zero-order chi connectivity index (χ0) is 14.0. The molecule has 0 aliphatic carbocycles. The minimum absolute atomic E-state index is 0.298. The maximum Gasteiger partial charge on any atom is 0.417 e. The Morgan fingerprint density at radius 2 is 1.00 bits per heavy atom. The highest BCUT2D eigenvalue weighted by atomic mass is 16.6. The molecule has 4 nitrogen and oxygen atoms in total. The van der Waals surface area contributed by atoms with Gasteiger partial charge in [-0.1, -0.05) is 53.4 Å². The van der Waals surface area contributed by atoms with Crippen LogP contribution in [0.4, 0.5) is 0 Å². The highest BCUT2D eigenvalue weighted by molar-refractivity contribution is 6.29. The van der Waals surface area contributed by atoms with Crippen LogP contribution < -0.4 is 0 Å². The molecule has 0 rings (SSSR count). The van der Waals surface area contributed by atoms with E-state index in [4.69, 9.17) is 9.47 Å². The van der Waals surface area contributed by atoms with Crippen LogP contribution in [-0.2, 0) is 19.1 Å². The predicted molar refractivity (Wildman–Crippen MR) is 70.1 cm³/mol. The Balaban J connectivity index is 3.92. The Morgan fingerprint density at radius 1 is 0.722 bits per heavy atom. The van der Waals surface area contributed by atoms with Crippen molar-refractivity contribution in [2.45, 2.75) is 53.4 Å². The molecular formula is C14H26O4. The molecular weight excluding hydrogens is 232 g/mol. The van der Waals surface area contributed by atoms with Crippen molar-refractivity contribution in [3.8, 4) is 0 Å². The molecule has 0 aromatic carbocycles. The highest BCUT2D eigenvalue weighted by Crippen LogP contribution is 2.09. The van der Waals surface area contributed by atoms with E-state index in [1.165, 1.54) is 0 Å². The molecule has 0 unspecified atom stereocenters. The summed E-state index contributed by atoms with van der Waals surface area (Å²) in [5, 5.41) is 0. The zero-order valence-electron chi connectivity index (χ0n) is 12.0. The molecule has 0 aliphatic heterocycles. The third-order valence-electron chi connectivity index (χ3n) is 3.38. The van der Waals surface area contributed by atoms with Gasteiger partial charge in [0.2, 0.25) is 0 Å². The molecule has 0 aromatic rings. The molecule has 4 heteroatoms. The zero-order valence-corrected chi connectivity index (χ0v) is 12.0. The Morgan fingerprint density at radius 3 is 1.22 bits per heavy atom. The number of ether oxygens (including phenoxy) is 2. The maximum absolute atomic E-state index is 11.4. The van der Waals surface area contributed by atoms with E-state index in [0.29, 0.717) is 25.0 Å². The van der Waals surface area contributed by atoms with Gasteiger partial charge in [0, 0.05) is 0 Å². The van der Waals surface area contributed by atoms with Crippen molar-refractivity contribution in [1.29, 1.82) is 0 Å². The molecule has 0 radical (unpaired) electrons. The largest absolute Gasteiger partial charge is 0.457 e. The monoisotopic (exact) mass is 258 g/mol. The average molecular weight is 258 g/mol. The second-order valence-electron chi connectivity index (χ2n) is 4.56.